The van der Waals surface area contributed by atoms with Gasteiger partial charge in [-0.05, 0) is 39.0 Å². The Morgan fingerprint density at radius 3 is 2.41 bits per heavy atom. The van der Waals surface area contributed by atoms with Crippen LogP contribution >= 0.6 is 0 Å². The van der Waals surface area contributed by atoms with Crippen molar-refractivity contribution in [2.24, 2.45) is 5.92 Å². The summed E-state index contributed by atoms with van der Waals surface area (Å²) in [6, 6.07) is -0.962. The monoisotopic (exact) mass is 310 g/mol. The molecular formula is C16H26N2O4. The summed E-state index contributed by atoms with van der Waals surface area (Å²) in [6.07, 6.45) is 6.43. The van der Waals surface area contributed by atoms with Crippen molar-refractivity contribution in [3.63, 3.8) is 0 Å². The minimum atomic E-state index is -0.935. The molecule has 22 heavy (non-hydrogen) atoms. The smallest absolute Gasteiger partial charge is 0.326 e. The zero-order chi connectivity index (χ0) is 16.1. The number of carbonyl (C=O) groups is 3. The Hall–Kier alpha value is -1.59. The van der Waals surface area contributed by atoms with Gasteiger partial charge in [0.15, 0.2) is 0 Å². The van der Waals surface area contributed by atoms with Crippen molar-refractivity contribution in [3.8, 4) is 0 Å². The highest BCUT2D eigenvalue weighted by Crippen LogP contribution is 2.25. The van der Waals surface area contributed by atoms with E-state index in [9.17, 15) is 19.5 Å². The van der Waals surface area contributed by atoms with E-state index in [-0.39, 0.29) is 30.2 Å². The second-order valence-electron chi connectivity index (χ2n) is 6.53. The summed E-state index contributed by atoms with van der Waals surface area (Å²) in [5.41, 5.74) is 0. The first-order valence-corrected chi connectivity index (χ1v) is 8.31. The zero-order valence-corrected chi connectivity index (χ0v) is 13.2. The minimum Gasteiger partial charge on any atom is -0.480 e. The molecule has 0 bridgehead atoms. The third-order valence-electron chi connectivity index (χ3n) is 4.70. The maximum absolute atomic E-state index is 12.3. The molecule has 0 aromatic carbocycles. The molecule has 0 spiro atoms. The molecule has 0 aromatic heterocycles. The van der Waals surface area contributed by atoms with Gasteiger partial charge in [0.25, 0.3) is 0 Å². The van der Waals surface area contributed by atoms with Crippen molar-refractivity contribution in [3.05, 3.63) is 0 Å². The fourth-order valence-corrected chi connectivity index (χ4v) is 3.47. The first kappa shape index (κ1) is 16.8. The predicted octanol–water partition coefficient (Wildman–Crippen LogP) is 1.54. The summed E-state index contributed by atoms with van der Waals surface area (Å²) >= 11 is 0. The van der Waals surface area contributed by atoms with Crippen LogP contribution in [0.4, 0.5) is 0 Å². The van der Waals surface area contributed by atoms with Crippen LogP contribution in [-0.4, -0.2) is 46.4 Å². The Morgan fingerprint density at radius 1 is 1.14 bits per heavy atom. The van der Waals surface area contributed by atoms with E-state index in [4.69, 9.17) is 0 Å². The Bertz CT molecular complexity index is 432. The van der Waals surface area contributed by atoms with Gasteiger partial charge in [0.1, 0.15) is 6.04 Å². The maximum Gasteiger partial charge on any atom is 0.326 e. The van der Waals surface area contributed by atoms with Crippen molar-refractivity contribution >= 4 is 17.8 Å². The zero-order valence-electron chi connectivity index (χ0n) is 13.2. The van der Waals surface area contributed by atoms with E-state index >= 15 is 0 Å². The average Bonchev–Trinajstić information content (AvgIpc) is 3.01. The molecule has 124 valence electrons. The lowest BCUT2D eigenvalue weighted by Gasteiger charge is -2.33. The number of carboxylic acid groups (broad SMARTS) is 1. The number of nitrogens with one attached hydrogen (secondary N) is 1. The standard InChI is InChI=1S/C16H26N2O4/c1-11(17-15(20)12-6-2-3-7-12)10-14(19)18-9-5-4-8-13(18)16(21)22/h11-13H,2-10H2,1H3,(H,17,20)(H,21,22). The number of amides is 2. The first-order chi connectivity index (χ1) is 10.5. The molecule has 2 fully saturated rings. The highest BCUT2D eigenvalue weighted by atomic mass is 16.4. The Morgan fingerprint density at radius 2 is 1.77 bits per heavy atom. The molecule has 1 aliphatic heterocycles. The summed E-state index contributed by atoms with van der Waals surface area (Å²) < 4.78 is 0. The largest absolute Gasteiger partial charge is 0.480 e. The lowest BCUT2D eigenvalue weighted by molar-refractivity contribution is -0.152. The van der Waals surface area contributed by atoms with Gasteiger partial charge in [-0.15, -0.1) is 0 Å². The molecule has 1 heterocycles. The third-order valence-corrected chi connectivity index (χ3v) is 4.70. The highest BCUT2D eigenvalue weighted by molar-refractivity contribution is 5.85. The van der Waals surface area contributed by atoms with Crippen molar-refractivity contribution in [1.29, 1.82) is 0 Å². The van der Waals surface area contributed by atoms with E-state index in [0.717, 1.165) is 38.5 Å². The summed E-state index contributed by atoms with van der Waals surface area (Å²) in [4.78, 5) is 37.1. The van der Waals surface area contributed by atoms with Crippen molar-refractivity contribution in [2.45, 2.75) is 70.4 Å². The van der Waals surface area contributed by atoms with Crippen molar-refractivity contribution in [2.75, 3.05) is 6.54 Å². The number of likely N-dealkylation sites (tertiary alicyclic amines) is 1. The van der Waals surface area contributed by atoms with Gasteiger partial charge in [-0.3, -0.25) is 9.59 Å². The van der Waals surface area contributed by atoms with E-state index in [0.29, 0.717) is 13.0 Å². The van der Waals surface area contributed by atoms with E-state index in [1.165, 1.54) is 4.90 Å². The van der Waals surface area contributed by atoms with Gasteiger partial charge >= 0.3 is 5.97 Å². The number of hydrogen-bond donors (Lipinski definition) is 2. The van der Waals surface area contributed by atoms with Gasteiger partial charge in [0.2, 0.25) is 11.8 Å². The van der Waals surface area contributed by atoms with Crippen LogP contribution in [0.1, 0.15) is 58.3 Å². The molecule has 1 aliphatic carbocycles. The van der Waals surface area contributed by atoms with Gasteiger partial charge in [0.05, 0.1) is 0 Å². The minimum absolute atomic E-state index is 0.0335. The quantitative estimate of drug-likeness (QED) is 0.806. The van der Waals surface area contributed by atoms with Crippen LogP contribution in [0.5, 0.6) is 0 Å². The summed E-state index contributed by atoms with van der Waals surface area (Å²) in [5.74, 6) is -0.993. The van der Waals surface area contributed by atoms with E-state index in [2.05, 4.69) is 5.32 Å². The van der Waals surface area contributed by atoms with Gasteiger partial charge < -0.3 is 15.3 Å². The molecule has 6 nitrogen and oxygen atoms in total. The van der Waals surface area contributed by atoms with E-state index < -0.39 is 12.0 Å². The lowest BCUT2D eigenvalue weighted by Crippen LogP contribution is -2.49. The van der Waals surface area contributed by atoms with Crippen LogP contribution in [0.2, 0.25) is 0 Å². The average molecular weight is 310 g/mol. The molecule has 2 aliphatic rings. The number of carbonyl (C=O) groups excluding carboxylic acids is 2. The van der Waals surface area contributed by atoms with Crippen LogP contribution in [0, 0.1) is 5.92 Å². The maximum atomic E-state index is 12.3. The van der Waals surface area contributed by atoms with E-state index in [1.54, 1.807) is 0 Å². The normalized spacial score (nSPS) is 24.0. The van der Waals surface area contributed by atoms with E-state index in [1.807, 2.05) is 6.92 Å². The second-order valence-corrected chi connectivity index (χ2v) is 6.53. The molecule has 2 rings (SSSR count). The van der Waals surface area contributed by atoms with Crippen molar-refractivity contribution < 1.29 is 19.5 Å². The number of aliphatic carboxylic acids is 1. The number of nitrogens with zero attached hydrogens (tertiary/aromatic N) is 1. The van der Waals surface area contributed by atoms with Gasteiger partial charge in [-0.1, -0.05) is 12.8 Å². The second kappa shape index (κ2) is 7.61. The molecule has 2 unspecified atom stereocenters. The van der Waals surface area contributed by atoms with Crippen LogP contribution in [0.15, 0.2) is 0 Å². The Balaban J connectivity index is 1.84. The summed E-state index contributed by atoms with van der Waals surface area (Å²) in [7, 11) is 0. The Labute approximate surface area is 131 Å². The third kappa shape index (κ3) is 4.21. The summed E-state index contributed by atoms with van der Waals surface area (Å²) in [5, 5.41) is 12.1. The fourth-order valence-electron chi connectivity index (χ4n) is 3.47. The molecule has 6 heteroatoms. The summed E-state index contributed by atoms with van der Waals surface area (Å²) in [6.45, 7) is 2.31. The van der Waals surface area contributed by atoms with Crippen LogP contribution in [-0.2, 0) is 14.4 Å². The van der Waals surface area contributed by atoms with Gasteiger partial charge in [-0.2, -0.15) is 0 Å². The molecular weight excluding hydrogens is 284 g/mol. The molecule has 2 amide bonds. The molecule has 1 saturated carbocycles. The fraction of sp³-hybridized carbons (Fsp3) is 0.812. The van der Waals surface area contributed by atoms with Gasteiger partial charge in [-0.25, -0.2) is 4.79 Å². The molecule has 0 radical (unpaired) electrons. The number of rotatable bonds is 5. The van der Waals surface area contributed by atoms with Gasteiger partial charge in [0, 0.05) is 24.9 Å². The highest BCUT2D eigenvalue weighted by Gasteiger charge is 2.32. The van der Waals surface area contributed by atoms with Crippen LogP contribution < -0.4 is 5.32 Å². The Kier molecular flexibility index (Phi) is 5.80. The van der Waals surface area contributed by atoms with Crippen LogP contribution in [0.25, 0.3) is 0 Å². The molecule has 2 N–H and O–H groups in total. The number of hydrogen-bond acceptors (Lipinski definition) is 3. The molecule has 0 aromatic rings. The SMILES string of the molecule is CC(CC(=O)N1CCCCC1C(=O)O)NC(=O)C1CCCC1. The molecule has 2 atom stereocenters. The first-order valence-electron chi connectivity index (χ1n) is 8.31. The topological polar surface area (TPSA) is 86.7 Å². The van der Waals surface area contributed by atoms with Crippen molar-refractivity contribution in [1.82, 2.24) is 10.2 Å². The predicted molar refractivity (Wildman–Crippen MR) is 81.2 cm³/mol. The lowest BCUT2D eigenvalue weighted by atomic mass is 10.0. The molecule has 1 saturated heterocycles. The number of piperidine rings is 1. The van der Waals surface area contributed by atoms with Crippen LogP contribution in [0.3, 0.4) is 0 Å². The number of carboxylic acids is 1.